The normalized spacial score (nSPS) is 9.95. The second-order valence-corrected chi connectivity index (χ2v) is 4.52. The molecule has 2 rings (SSSR count). The van der Waals surface area contributed by atoms with Crippen LogP contribution < -0.4 is 0 Å². The molecule has 1 heterocycles. The summed E-state index contributed by atoms with van der Waals surface area (Å²) in [6.07, 6.45) is 0. The molecule has 2 aromatic rings. The molecule has 0 saturated carbocycles. The summed E-state index contributed by atoms with van der Waals surface area (Å²) in [5, 5.41) is 9.01. The van der Waals surface area contributed by atoms with Gasteiger partial charge in [-0.1, -0.05) is 24.4 Å². The van der Waals surface area contributed by atoms with Crippen LogP contribution in [-0.4, -0.2) is 17.6 Å². The zero-order valence-electron chi connectivity index (χ0n) is 11.1. The number of hydrogen-bond donors (Lipinski definition) is 1. The van der Waals surface area contributed by atoms with Crippen LogP contribution in [0.15, 0.2) is 30.3 Å². The zero-order chi connectivity index (χ0) is 15.4. The summed E-state index contributed by atoms with van der Waals surface area (Å²) in [7, 11) is 0. The third-order valence-corrected chi connectivity index (χ3v) is 3.12. The average Bonchev–Trinajstić information content (AvgIpc) is 2.47. The van der Waals surface area contributed by atoms with Gasteiger partial charge < -0.3 is 9.72 Å². The number of rotatable bonds is 3. The summed E-state index contributed by atoms with van der Waals surface area (Å²) >= 11 is 5.04. The van der Waals surface area contributed by atoms with E-state index in [9.17, 15) is 9.18 Å². The first-order valence-corrected chi connectivity index (χ1v) is 6.58. The number of nitriles is 1. The Labute approximate surface area is 125 Å². The fourth-order valence-electron chi connectivity index (χ4n) is 1.86. The second kappa shape index (κ2) is 6.29. The van der Waals surface area contributed by atoms with Gasteiger partial charge in [0.1, 0.15) is 16.5 Å². The predicted molar refractivity (Wildman–Crippen MR) is 77.7 cm³/mol. The van der Waals surface area contributed by atoms with E-state index in [2.05, 4.69) is 4.98 Å². The first-order valence-electron chi connectivity index (χ1n) is 6.18. The number of benzene rings is 1. The number of hydrogen-bond acceptors (Lipinski definition) is 4. The number of carbonyl (C=O) groups is 1. The first kappa shape index (κ1) is 14.9. The molecular formula is C15H11FN2O2S. The number of nitrogens with one attached hydrogen (secondary N) is 1. The van der Waals surface area contributed by atoms with E-state index in [1.165, 1.54) is 18.2 Å². The third-order valence-electron chi connectivity index (χ3n) is 2.80. The molecule has 6 heteroatoms. The van der Waals surface area contributed by atoms with Crippen LogP contribution in [0.4, 0.5) is 4.39 Å². The van der Waals surface area contributed by atoms with Crippen LogP contribution in [0.2, 0.25) is 0 Å². The lowest BCUT2D eigenvalue weighted by Gasteiger charge is -2.10. The number of carbonyl (C=O) groups excluding carboxylic acids is 1. The second-order valence-electron chi connectivity index (χ2n) is 4.11. The Balaban J connectivity index is 2.73. The number of ether oxygens (including phenoxy) is 1. The van der Waals surface area contributed by atoms with Gasteiger partial charge >= 0.3 is 5.97 Å². The first-order chi connectivity index (χ1) is 10.1. The average molecular weight is 302 g/mol. The van der Waals surface area contributed by atoms with Gasteiger partial charge in [-0.15, -0.1) is 0 Å². The molecule has 0 fully saturated rings. The van der Waals surface area contributed by atoms with Crippen molar-refractivity contribution in [3.8, 4) is 17.3 Å². The molecule has 0 aliphatic carbocycles. The van der Waals surface area contributed by atoms with Crippen molar-refractivity contribution >= 4 is 18.2 Å². The van der Waals surface area contributed by atoms with Crippen LogP contribution in [0.1, 0.15) is 22.8 Å². The van der Waals surface area contributed by atoms with E-state index in [-0.39, 0.29) is 33.6 Å². The van der Waals surface area contributed by atoms with Gasteiger partial charge in [-0.2, -0.15) is 5.26 Å². The van der Waals surface area contributed by atoms with E-state index in [1.54, 1.807) is 19.1 Å². The van der Waals surface area contributed by atoms with Crippen LogP contribution in [0, 0.1) is 21.8 Å². The van der Waals surface area contributed by atoms with Crippen LogP contribution >= 0.6 is 12.2 Å². The molecule has 0 atom stereocenters. The Morgan fingerprint density at radius 2 is 2.19 bits per heavy atom. The van der Waals surface area contributed by atoms with E-state index in [1.807, 2.05) is 6.07 Å². The smallest absolute Gasteiger partial charge is 0.340 e. The van der Waals surface area contributed by atoms with Gasteiger partial charge in [0.15, 0.2) is 0 Å². The van der Waals surface area contributed by atoms with Crippen molar-refractivity contribution in [1.82, 2.24) is 4.98 Å². The maximum Gasteiger partial charge on any atom is 0.340 e. The largest absolute Gasteiger partial charge is 0.462 e. The number of aromatic amines is 1. The van der Waals surface area contributed by atoms with Crippen LogP contribution in [0.5, 0.6) is 0 Å². The highest BCUT2D eigenvalue weighted by atomic mass is 32.1. The number of pyridine rings is 1. The Bertz CT molecular complexity index is 793. The highest BCUT2D eigenvalue weighted by Gasteiger charge is 2.18. The quantitative estimate of drug-likeness (QED) is 0.695. The SMILES string of the molecule is CCOC(=O)c1cc(C#N)c(=S)[nH]c1-c1ccccc1F. The van der Waals surface area contributed by atoms with Gasteiger partial charge in [-0.25, -0.2) is 9.18 Å². The summed E-state index contributed by atoms with van der Waals surface area (Å²) < 4.78 is 19.0. The van der Waals surface area contributed by atoms with Crippen molar-refractivity contribution in [3.63, 3.8) is 0 Å². The molecule has 4 nitrogen and oxygen atoms in total. The van der Waals surface area contributed by atoms with Gasteiger partial charge in [0.2, 0.25) is 0 Å². The fourth-order valence-corrected chi connectivity index (χ4v) is 2.07. The van der Waals surface area contributed by atoms with Crippen molar-refractivity contribution in [2.24, 2.45) is 0 Å². The Hall–Kier alpha value is -2.52. The molecule has 0 bridgehead atoms. The van der Waals surface area contributed by atoms with Crippen molar-refractivity contribution in [2.75, 3.05) is 6.61 Å². The summed E-state index contributed by atoms with van der Waals surface area (Å²) in [6.45, 7) is 1.84. The number of halogens is 1. The summed E-state index contributed by atoms with van der Waals surface area (Å²) in [6, 6.07) is 9.19. The minimum Gasteiger partial charge on any atom is -0.462 e. The third kappa shape index (κ3) is 2.98. The van der Waals surface area contributed by atoms with Crippen LogP contribution in [0.25, 0.3) is 11.3 Å². The van der Waals surface area contributed by atoms with Gasteiger partial charge in [0.25, 0.3) is 0 Å². The van der Waals surface area contributed by atoms with Gasteiger partial charge in [0.05, 0.1) is 23.4 Å². The maximum absolute atomic E-state index is 13.9. The van der Waals surface area contributed by atoms with Crippen molar-refractivity contribution in [3.05, 3.63) is 51.9 Å². The lowest BCUT2D eigenvalue weighted by atomic mass is 10.0. The zero-order valence-corrected chi connectivity index (χ0v) is 12.0. The van der Waals surface area contributed by atoms with E-state index in [4.69, 9.17) is 22.2 Å². The molecule has 0 saturated heterocycles. The monoisotopic (exact) mass is 302 g/mol. The molecule has 21 heavy (non-hydrogen) atoms. The Kier molecular flexibility index (Phi) is 4.45. The molecule has 1 aromatic carbocycles. The van der Waals surface area contributed by atoms with Crippen LogP contribution in [-0.2, 0) is 4.74 Å². The molecule has 106 valence electrons. The molecule has 0 amide bonds. The Morgan fingerprint density at radius 1 is 1.48 bits per heavy atom. The molecule has 0 aliphatic heterocycles. The predicted octanol–water partition coefficient (Wildman–Crippen LogP) is 3.60. The summed E-state index contributed by atoms with van der Waals surface area (Å²) in [5.74, 6) is -1.14. The molecule has 0 unspecified atom stereocenters. The van der Waals surface area contributed by atoms with Crippen molar-refractivity contribution < 1.29 is 13.9 Å². The summed E-state index contributed by atoms with van der Waals surface area (Å²) in [5.41, 5.74) is 0.604. The lowest BCUT2D eigenvalue weighted by molar-refractivity contribution is 0.0527. The highest BCUT2D eigenvalue weighted by Crippen LogP contribution is 2.26. The van der Waals surface area contributed by atoms with Gasteiger partial charge in [-0.3, -0.25) is 0 Å². The van der Waals surface area contributed by atoms with E-state index in [0.29, 0.717) is 0 Å². The van der Waals surface area contributed by atoms with E-state index < -0.39 is 11.8 Å². The van der Waals surface area contributed by atoms with Crippen molar-refractivity contribution in [2.45, 2.75) is 6.92 Å². The minimum atomic E-state index is -0.640. The molecule has 0 spiro atoms. The minimum absolute atomic E-state index is 0.0760. The summed E-state index contributed by atoms with van der Waals surface area (Å²) in [4.78, 5) is 14.8. The molecule has 0 radical (unpaired) electrons. The molecular weight excluding hydrogens is 291 g/mol. The molecule has 1 aromatic heterocycles. The molecule has 1 N–H and O–H groups in total. The Morgan fingerprint density at radius 3 is 2.81 bits per heavy atom. The highest BCUT2D eigenvalue weighted by molar-refractivity contribution is 7.71. The van der Waals surface area contributed by atoms with E-state index in [0.717, 1.165) is 0 Å². The number of H-pyrrole nitrogens is 1. The topological polar surface area (TPSA) is 65.9 Å². The maximum atomic E-state index is 13.9. The molecule has 0 aliphatic rings. The number of aromatic nitrogens is 1. The van der Waals surface area contributed by atoms with Gasteiger partial charge in [0, 0.05) is 5.56 Å². The standard InChI is InChI=1S/C15H11FN2O2S/c1-2-20-15(19)11-7-9(8-17)14(21)18-13(11)10-5-3-4-6-12(10)16/h3-7H,2H2,1H3,(H,18,21). The van der Waals surface area contributed by atoms with Gasteiger partial charge in [-0.05, 0) is 25.1 Å². The van der Waals surface area contributed by atoms with Crippen LogP contribution in [0.3, 0.4) is 0 Å². The van der Waals surface area contributed by atoms with Crippen molar-refractivity contribution in [1.29, 1.82) is 5.26 Å². The van der Waals surface area contributed by atoms with E-state index >= 15 is 0 Å². The fraction of sp³-hybridized carbons (Fsp3) is 0.133. The lowest BCUT2D eigenvalue weighted by Crippen LogP contribution is -2.09. The number of esters is 1. The number of nitrogens with zero attached hydrogens (tertiary/aromatic N) is 1.